The lowest BCUT2D eigenvalue weighted by Crippen LogP contribution is -2.32. The molecule has 0 spiro atoms. The van der Waals surface area contributed by atoms with Crippen molar-refractivity contribution in [2.75, 3.05) is 0 Å². The Morgan fingerprint density at radius 1 is 1.50 bits per heavy atom. The van der Waals surface area contributed by atoms with Gasteiger partial charge in [-0.3, -0.25) is 0 Å². The Morgan fingerprint density at radius 3 is 2.56 bits per heavy atom. The normalized spacial score (nSPS) is 12.6. The molecule has 0 saturated heterocycles. The van der Waals surface area contributed by atoms with Crippen molar-refractivity contribution < 1.29 is 19.0 Å². The van der Waals surface area contributed by atoms with Gasteiger partial charge in [-0.1, -0.05) is 29.8 Å². The van der Waals surface area contributed by atoms with Crippen LogP contribution in [0.15, 0.2) is 22.7 Å². The molecule has 88 valence electrons. The van der Waals surface area contributed by atoms with Crippen LogP contribution in [0.1, 0.15) is 13.8 Å². The van der Waals surface area contributed by atoms with E-state index in [0.29, 0.717) is 4.47 Å². The van der Waals surface area contributed by atoms with E-state index in [1.54, 1.807) is 19.9 Å². The van der Waals surface area contributed by atoms with Crippen molar-refractivity contribution in [2.45, 2.75) is 20.0 Å². The van der Waals surface area contributed by atoms with Crippen molar-refractivity contribution >= 4 is 21.9 Å². The summed E-state index contributed by atoms with van der Waals surface area (Å²) in [6, 6.07) is 4.23. The molecule has 0 aliphatic rings. The van der Waals surface area contributed by atoms with Crippen molar-refractivity contribution in [1.82, 2.24) is 0 Å². The lowest BCUT2D eigenvalue weighted by molar-refractivity contribution is -0.147. The van der Waals surface area contributed by atoms with Crippen LogP contribution >= 0.6 is 15.9 Å². The van der Waals surface area contributed by atoms with Crippen LogP contribution in [0.4, 0.5) is 4.39 Å². The Labute approximate surface area is 101 Å². The van der Waals surface area contributed by atoms with Gasteiger partial charge in [0.25, 0.3) is 0 Å². The van der Waals surface area contributed by atoms with Crippen LogP contribution in [0.25, 0.3) is 0 Å². The highest BCUT2D eigenvalue weighted by Crippen LogP contribution is 2.23. The van der Waals surface area contributed by atoms with E-state index in [9.17, 15) is 9.18 Å². The van der Waals surface area contributed by atoms with Gasteiger partial charge in [0.15, 0.2) is 17.7 Å². The fraction of sp³-hybridized carbons (Fsp3) is 0.364. The molecule has 1 atom stereocenters. The summed E-state index contributed by atoms with van der Waals surface area (Å²) in [7, 11) is 0. The molecule has 0 fully saturated rings. The number of rotatable bonds is 4. The second-order valence-electron chi connectivity index (χ2n) is 3.70. The fourth-order valence-corrected chi connectivity index (χ4v) is 1.51. The molecular weight excluding hydrogens is 279 g/mol. The van der Waals surface area contributed by atoms with Crippen LogP contribution in [0.2, 0.25) is 0 Å². The summed E-state index contributed by atoms with van der Waals surface area (Å²) < 4.78 is 19.1. The molecule has 16 heavy (non-hydrogen) atoms. The monoisotopic (exact) mass is 290 g/mol. The molecule has 0 aliphatic heterocycles. The van der Waals surface area contributed by atoms with Crippen molar-refractivity contribution in [1.29, 1.82) is 0 Å². The largest absolute Gasteiger partial charge is 0.478 e. The predicted molar refractivity (Wildman–Crippen MR) is 61.0 cm³/mol. The minimum absolute atomic E-state index is 0.0516. The average Bonchev–Trinajstić information content (AvgIpc) is 2.15. The first-order valence-corrected chi connectivity index (χ1v) is 5.55. The molecule has 0 bridgehead atoms. The zero-order valence-corrected chi connectivity index (χ0v) is 10.5. The van der Waals surface area contributed by atoms with Crippen LogP contribution in [0.5, 0.6) is 5.75 Å². The Bertz CT molecular complexity index is 393. The van der Waals surface area contributed by atoms with Crippen molar-refractivity contribution in [3.05, 3.63) is 28.5 Å². The second-order valence-corrected chi connectivity index (χ2v) is 4.61. The first kappa shape index (κ1) is 13.0. The Hall–Kier alpha value is -1.10. The molecule has 1 aromatic rings. The van der Waals surface area contributed by atoms with Gasteiger partial charge >= 0.3 is 5.97 Å². The molecule has 1 unspecified atom stereocenters. The maximum atomic E-state index is 13.4. The smallest absolute Gasteiger partial charge is 0.345 e. The van der Waals surface area contributed by atoms with Gasteiger partial charge in [-0.2, -0.15) is 0 Å². The molecule has 5 heteroatoms. The van der Waals surface area contributed by atoms with E-state index < -0.39 is 17.9 Å². The number of ether oxygens (including phenoxy) is 1. The number of carbonyl (C=O) groups is 1. The lowest BCUT2D eigenvalue weighted by atomic mass is 10.1. The van der Waals surface area contributed by atoms with E-state index in [4.69, 9.17) is 9.84 Å². The molecule has 0 aromatic heterocycles. The standard InChI is InChI=1S/C11H12BrFO3/c1-6(2)10(11(14)15)16-9-4-3-7(12)5-8(9)13/h3-6,10H,1-2H3,(H,14,15). The molecule has 1 aromatic carbocycles. The maximum absolute atomic E-state index is 13.4. The van der Waals surface area contributed by atoms with Gasteiger partial charge in [-0.05, 0) is 18.2 Å². The van der Waals surface area contributed by atoms with Gasteiger partial charge in [0.05, 0.1) is 0 Å². The number of halogens is 2. The topological polar surface area (TPSA) is 46.5 Å². The van der Waals surface area contributed by atoms with Crippen molar-refractivity contribution in [3.8, 4) is 5.75 Å². The molecular formula is C11H12BrFO3. The third-order valence-corrected chi connectivity index (χ3v) is 2.49. The van der Waals surface area contributed by atoms with Crippen molar-refractivity contribution in [3.63, 3.8) is 0 Å². The van der Waals surface area contributed by atoms with E-state index in [2.05, 4.69) is 15.9 Å². The number of hydrogen-bond acceptors (Lipinski definition) is 2. The second kappa shape index (κ2) is 5.30. The molecule has 1 rings (SSSR count). The number of benzene rings is 1. The summed E-state index contributed by atoms with van der Waals surface area (Å²) in [4.78, 5) is 10.9. The number of carboxylic acids is 1. The first-order valence-electron chi connectivity index (χ1n) is 4.76. The fourth-order valence-electron chi connectivity index (χ4n) is 1.18. The quantitative estimate of drug-likeness (QED) is 0.927. The molecule has 0 heterocycles. The van der Waals surface area contributed by atoms with Crippen LogP contribution in [-0.4, -0.2) is 17.2 Å². The predicted octanol–water partition coefficient (Wildman–Crippen LogP) is 3.08. The summed E-state index contributed by atoms with van der Waals surface area (Å²) >= 11 is 3.11. The molecule has 0 saturated carbocycles. The van der Waals surface area contributed by atoms with Gasteiger partial charge in [-0.25, -0.2) is 9.18 Å². The van der Waals surface area contributed by atoms with Gasteiger partial charge in [0.2, 0.25) is 0 Å². The van der Waals surface area contributed by atoms with E-state index in [0.717, 1.165) is 0 Å². The maximum Gasteiger partial charge on any atom is 0.345 e. The summed E-state index contributed by atoms with van der Waals surface area (Å²) in [6.07, 6.45) is -1.05. The van der Waals surface area contributed by atoms with Crippen LogP contribution in [-0.2, 0) is 4.79 Å². The Morgan fingerprint density at radius 2 is 2.12 bits per heavy atom. The molecule has 0 aliphatic carbocycles. The number of aliphatic carboxylic acids is 1. The van der Waals surface area contributed by atoms with Crippen molar-refractivity contribution in [2.24, 2.45) is 5.92 Å². The third-order valence-electron chi connectivity index (χ3n) is 2.00. The first-order chi connectivity index (χ1) is 7.41. The molecule has 1 N–H and O–H groups in total. The SMILES string of the molecule is CC(C)C(Oc1ccc(Br)cc1F)C(=O)O. The van der Waals surface area contributed by atoms with Crippen LogP contribution in [0.3, 0.4) is 0 Å². The Kier molecular flexibility index (Phi) is 4.29. The summed E-state index contributed by atoms with van der Waals surface area (Å²) in [6.45, 7) is 3.41. The lowest BCUT2D eigenvalue weighted by Gasteiger charge is -2.18. The van der Waals surface area contributed by atoms with E-state index in [1.807, 2.05) is 0 Å². The zero-order valence-electron chi connectivity index (χ0n) is 8.91. The van der Waals surface area contributed by atoms with Gasteiger partial charge in [0, 0.05) is 10.4 Å². The molecule has 0 amide bonds. The minimum Gasteiger partial charge on any atom is -0.478 e. The van der Waals surface area contributed by atoms with E-state index in [1.165, 1.54) is 12.1 Å². The summed E-state index contributed by atoms with van der Waals surface area (Å²) in [5.41, 5.74) is 0. The van der Waals surface area contributed by atoms with Gasteiger partial charge in [-0.15, -0.1) is 0 Å². The molecule has 0 radical (unpaired) electrons. The Balaban J connectivity index is 2.90. The van der Waals surface area contributed by atoms with Crippen LogP contribution in [0, 0.1) is 11.7 Å². The summed E-state index contributed by atoms with van der Waals surface area (Å²) in [5.74, 6) is -1.97. The molecule has 3 nitrogen and oxygen atoms in total. The minimum atomic E-state index is -1.10. The highest BCUT2D eigenvalue weighted by atomic mass is 79.9. The highest BCUT2D eigenvalue weighted by molar-refractivity contribution is 9.10. The van der Waals surface area contributed by atoms with E-state index in [-0.39, 0.29) is 11.7 Å². The highest BCUT2D eigenvalue weighted by Gasteiger charge is 2.24. The summed E-state index contributed by atoms with van der Waals surface area (Å²) in [5, 5.41) is 8.89. The third kappa shape index (κ3) is 3.20. The van der Waals surface area contributed by atoms with Gasteiger partial charge in [0.1, 0.15) is 0 Å². The average molecular weight is 291 g/mol. The van der Waals surface area contributed by atoms with Gasteiger partial charge < -0.3 is 9.84 Å². The van der Waals surface area contributed by atoms with Crippen LogP contribution < -0.4 is 4.74 Å². The number of carboxylic acid groups (broad SMARTS) is 1. The van der Waals surface area contributed by atoms with E-state index >= 15 is 0 Å². The number of hydrogen-bond donors (Lipinski definition) is 1. The zero-order chi connectivity index (χ0) is 12.3.